The second-order valence-electron chi connectivity index (χ2n) is 3.54. The van der Waals surface area contributed by atoms with Crippen molar-refractivity contribution in [1.82, 2.24) is 0 Å². The van der Waals surface area contributed by atoms with E-state index in [1.807, 2.05) is 6.07 Å². The first-order chi connectivity index (χ1) is 8.77. The summed E-state index contributed by atoms with van der Waals surface area (Å²) in [6.07, 6.45) is 1.29. The predicted molar refractivity (Wildman–Crippen MR) is 67.6 cm³/mol. The average Bonchev–Trinajstić information content (AvgIpc) is 2.42. The Balaban J connectivity index is 2.00. The van der Waals surface area contributed by atoms with Gasteiger partial charge in [0.15, 0.2) is 0 Å². The van der Waals surface area contributed by atoms with Crippen molar-refractivity contribution in [1.29, 1.82) is 0 Å². The van der Waals surface area contributed by atoms with Crippen LogP contribution < -0.4 is 0 Å². The van der Waals surface area contributed by atoms with Crippen molar-refractivity contribution in [3.05, 3.63) is 65.7 Å². The van der Waals surface area contributed by atoms with E-state index in [-0.39, 0.29) is 5.75 Å². The number of nitrogens with zero attached hydrogens (tertiary/aromatic N) is 1. The minimum Gasteiger partial charge on any atom is -0.507 e. The topological polar surface area (TPSA) is 58.9 Å². The Bertz CT molecular complexity index is 564. The molecule has 0 unspecified atom stereocenters. The minimum atomic E-state index is -0.540. The zero-order chi connectivity index (χ0) is 12.8. The zero-order valence-corrected chi connectivity index (χ0v) is 9.48. The van der Waals surface area contributed by atoms with Crippen molar-refractivity contribution in [3.8, 4) is 5.75 Å². The monoisotopic (exact) mass is 241 g/mol. The van der Waals surface area contributed by atoms with Crippen LogP contribution in [0.5, 0.6) is 5.75 Å². The molecule has 4 heteroatoms. The number of hydrogen-bond donors (Lipinski definition) is 1. The molecule has 0 saturated heterocycles. The predicted octanol–water partition coefficient (Wildman–Crippen LogP) is 2.58. The van der Waals surface area contributed by atoms with Gasteiger partial charge in [0, 0.05) is 5.56 Å². The Hall–Kier alpha value is -2.62. The molecule has 0 aliphatic rings. The van der Waals surface area contributed by atoms with Gasteiger partial charge in [0.25, 0.3) is 0 Å². The molecule has 0 aromatic heterocycles. The van der Waals surface area contributed by atoms with Gasteiger partial charge in [-0.2, -0.15) is 0 Å². The summed E-state index contributed by atoms with van der Waals surface area (Å²) in [5.74, 6) is -0.459. The van der Waals surface area contributed by atoms with Crippen LogP contribution in [0.25, 0.3) is 0 Å². The average molecular weight is 241 g/mol. The number of phenolic OH excluding ortho intramolecular Hbond substituents is 1. The van der Waals surface area contributed by atoms with E-state index in [2.05, 4.69) is 5.16 Å². The van der Waals surface area contributed by atoms with Crippen molar-refractivity contribution in [3.63, 3.8) is 0 Å². The molecule has 0 spiro atoms. The third kappa shape index (κ3) is 2.95. The first-order valence-electron chi connectivity index (χ1n) is 5.35. The summed E-state index contributed by atoms with van der Waals surface area (Å²) < 4.78 is 0. The summed E-state index contributed by atoms with van der Waals surface area (Å²) in [6.45, 7) is 0. The number of carbonyl (C=O) groups excluding carboxylic acids is 1. The lowest BCUT2D eigenvalue weighted by Crippen LogP contribution is -2.00. The third-order valence-corrected chi connectivity index (χ3v) is 2.27. The van der Waals surface area contributed by atoms with Crippen LogP contribution in [0.4, 0.5) is 0 Å². The highest BCUT2D eigenvalue weighted by Gasteiger charge is 2.04. The number of rotatable bonds is 3. The van der Waals surface area contributed by atoms with Crippen LogP contribution in [0, 0.1) is 0 Å². The van der Waals surface area contributed by atoms with Crippen LogP contribution in [-0.2, 0) is 4.84 Å². The van der Waals surface area contributed by atoms with E-state index in [1.54, 1.807) is 42.5 Å². The molecule has 1 N–H and O–H groups in total. The highest BCUT2D eigenvalue weighted by molar-refractivity contribution is 5.90. The van der Waals surface area contributed by atoms with Gasteiger partial charge in [0.05, 0.1) is 11.8 Å². The SMILES string of the molecule is O=C(O/N=C\c1ccccc1O)c1ccccc1. The summed E-state index contributed by atoms with van der Waals surface area (Å²) in [7, 11) is 0. The number of phenols is 1. The quantitative estimate of drug-likeness (QED) is 0.510. The van der Waals surface area contributed by atoms with Gasteiger partial charge in [0.2, 0.25) is 0 Å². The van der Waals surface area contributed by atoms with Crippen LogP contribution >= 0.6 is 0 Å². The van der Waals surface area contributed by atoms with Gasteiger partial charge in [-0.3, -0.25) is 0 Å². The van der Waals surface area contributed by atoms with Crippen molar-refractivity contribution >= 4 is 12.2 Å². The lowest BCUT2D eigenvalue weighted by molar-refractivity contribution is 0.0519. The molecule has 0 heterocycles. The molecule has 0 bridgehead atoms. The molecule has 4 nitrogen and oxygen atoms in total. The second-order valence-corrected chi connectivity index (χ2v) is 3.54. The number of para-hydroxylation sites is 1. The maximum absolute atomic E-state index is 11.5. The first kappa shape index (κ1) is 11.9. The van der Waals surface area contributed by atoms with Gasteiger partial charge in [-0.25, -0.2) is 4.79 Å². The molecule has 90 valence electrons. The fraction of sp³-hybridized carbons (Fsp3) is 0. The van der Waals surface area contributed by atoms with E-state index in [0.29, 0.717) is 11.1 Å². The lowest BCUT2D eigenvalue weighted by atomic mass is 10.2. The van der Waals surface area contributed by atoms with Crippen LogP contribution in [0.1, 0.15) is 15.9 Å². The molecular weight excluding hydrogens is 230 g/mol. The summed E-state index contributed by atoms with van der Waals surface area (Å²) in [5.41, 5.74) is 0.908. The van der Waals surface area contributed by atoms with Gasteiger partial charge in [-0.15, -0.1) is 0 Å². The van der Waals surface area contributed by atoms with Crippen molar-refractivity contribution < 1.29 is 14.7 Å². The zero-order valence-electron chi connectivity index (χ0n) is 9.48. The fourth-order valence-electron chi connectivity index (χ4n) is 1.35. The summed E-state index contributed by atoms with van der Waals surface area (Å²) in [4.78, 5) is 16.2. The van der Waals surface area contributed by atoms with Gasteiger partial charge < -0.3 is 9.94 Å². The highest BCUT2D eigenvalue weighted by Crippen LogP contribution is 2.12. The first-order valence-corrected chi connectivity index (χ1v) is 5.35. The van der Waals surface area contributed by atoms with Gasteiger partial charge in [0.1, 0.15) is 5.75 Å². The highest BCUT2D eigenvalue weighted by atomic mass is 16.7. The Kier molecular flexibility index (Phi) is 3.71. The Morgan fingerprint density at radius 3 is 2.44 bits per heavy atom. The Morgan fingerprint density at radius 2 is 1.72 bits per heavy atom. The fourth-order valence-corrected chi connectivity index (χ4v) is 1.35. The molecular formula is C14H11NO3. The molecule has 18 heavy (non-hydrogen) atoms. The number of aromatic hydroxyl groups is 1. The normalized spacial score (nSPS) is 10.4. The molecule has 2 rings (SSSR count). The van der Waals surface area contributed by atoms with Crippen molar-refractivity contribution in [2.45, 2.75) is 0 Å². The number of benzene rings is 2. The summed E-state index contributed by atoms with van der Waals surface area (Å²) >= 11 is 0. The van der Waals surface area contributed by atoms with E-state index in [9.17, 15) is 9.90 Å². The Labute approximate surface area is 104 Å². The van der Waals surface area contributed by atoms with E-state index >= 15 is 0 Å². The van der Waals surface area contributed by atoms with Gasteiger partial charge in [-0.1, -0.05) is 35.5 Å². The second kappa shape index (κ2) is 5.63. The largest absolute Gasteiger partial charge is 0.507 e. The van der Waals surface area contributed by atoms with Crippen LogP contribution in [-0.4, -0.2) is 17.3 Å². The molecule has 0 fully saturated rings. The maximum Gasteiger partial charge on any atom is 0.365 e. The molecule has 0 amide bonds. The van der Waals surface area contributed by atoms with Gasteiger partial charge in [-0.05, 0) is 24.3 Å². The molecule has 0 aliphatic carbocycles. The maximum atomic E-state index is 11.5. The van der Waals surface area contributed by atoms with Crippen molar-refractivity contribution in [2.75, 3.05) is 0 Å². The van der Waals surface area contributed by atoms with Crippen LogP contribution in [0.2, 0.25) is 0 Å². The van der Waals surface area contributed by atoms with E-state index < -0.39 is 5.97 Å². The van der Waals surface area contributed by atoms with Crippen molar-refractivity contribution in [2.24, 2.45) is 5.16 Å². The standard InChI is InChI=1S/C14H11NO3/c16-13-9-5-4-8-12(13)10-15-18-14(17)11-6-2-1-3-7-11/h1-10,16H/b15-10-. The molecule has 2 aromatic rings. The van der Waals surface area contributed by atoms with Crippen LogP contribution in [0.15, 0.2) is 59.8 Å². The van der Waals surface area contributed by atoms with E-state index in [0.717, 1.165) is 0 Å². The van der Waals surface area contributed by atoms with E-state index in [4.69, 9.17) is 4.84 Å². The lowest BCUT2D eigenvalue weighted by Gasteiger charge is -1.98. The molecule has 0 aliphatic heterocycles. The number of oxime groups is 1. The molecule has 0 saturated carbocycles. The van der Waals surface area contributed by atoms with E-state index in [1.165, 1.54) is 12.3 Å². The molecule has 2 aromatic carbocycles. The van der Waals surface area contributed by atoms with Gasteiger partial charge >= 0.3 is 5.97 Å². The van der Waals surface area contributed by atoms with Crippen LogP contribution in [0.3, 0.4) is 0 Å². The Morgan fingerprint density at radius 1 is 1.06 bits per heavy atom. The number of carbonyl (C=O) groups is 1. The molecule has 0 radical (unpaired) electrons. The third-order valence-electron chi connectivity index (χ3n) is 2.27. The smallest absolute Gasteiger partial charge is 0.365 e. The molecule has 0 atom stereocenters. The number of hydrogen-bond acceptors (Lipinski definition) is 4. The minimum absolute atomic E-state index is 0.0806. The summed E-state index contributed by atoms with van der Waals surface area (Å²) in [6, 6.07) is 15.2. The summed E-state index contributed by atoms with van der Waals surface area (Å²) in [5, 5.41) is 13.0.